The van der Waals surface area contributed by atoms with Crippen molar-refractivity contribution in [2.75, 3.05) is 6.61 Å². The van der Waals surface area contributed by atoms with Crippen molar-refractivity contribution in [3.63, 3.8) is 0 Å². The Morgan fingerprint density at radius 2 is 1.70 bits per heavy atom. The molecule has 4 rings (SSSR count). The Morgan fingerprint density at radius 3 is 2.37 bits per heavy atom. The van der Waals surface area contributed by atoms with Crippen LogP contribution in [0.4, 0.5) is 4.39 Å². The first kappa shape index (κ1) is 19.5. The molecule has 2 aromatic heterocycles. The van der Waals surface area contributed by atoms with Gasteiger partial charge >= 0.3 is 11.6 Å². The standard InChI is InChI=1S/C22H18FN3O4/c1-2-28-14-26-20(19(21(27)30-26)15-8-10-17(23)11-9-15)16-12-24-22(25-13-16)29-18-6-4-3-5-7-18/h3-13H,2,14H2,1H3. The van der Waals surface area contributed by atoms with E-state index in [1.54, 1.807) is 12.1 Å². The maximum absolute atomic E-state index is 13.4. The topological polar surface area (TPSA) is 79.4 Å². The molecule has 0 saturated heterocycles. The summed E-state index contributed by atoms with van der Waals surface area (Å²) in [5, 5.41) is 0. The molecule has 152 valence electrons. The monoisotopic (exact) mass is 407 g/mol. The second-order valence-electron chi connectivity index (χ2n) is 6.28. The molecule has 4 aromatic rings. The van der Waals surface area contributed by atoms with E-state index in [9.17, 15) is 9.18 Å². The van der Waals surface area contributed by atoms with Crippen LogP contribution in [0.15, 0.2) is 76.3 Å². The van der Waals surface area contributed by atoms with Gasteiger partial charge in [-0.15, -0.1) is 0 Å². The Balaban J connectivity index is 1.74. The molecule has 0 aliphatic carbocycles. The lowest BCUT2D eigenvalue weighted by molar-refractivity contribution is 0.0315. The lowest BCUT2D eigenvalue weighted by Crippen LogP contribution is -2.04. The number of hydrogen-bond donors (Lipinski definition) is 0. The van der Waals surface area contributed by atoms with Gasteiger partial charge < -0.3 is 14.0 Å². The summed E-state index contributed by atoms with van der Waals surface area (Å²) in [6, 6.07) is 14.9. The molecule has 2 aromatic carbocycles. The highest BCUT2D eigenvalue weighted by Crippen LogP contribution is 2.30. The lowest BCUT2D eigenvalue weighted by atomic mass is 10.0. The summed E-state index contributed by atoms with van der Waals surface area (Å²) in [7, 11) is 0. The molecule has 30 heavy (non-hydrogen) atoms. The van der Waals surface area contributed by atoms with Crippen molar-refractivity contribution in [2.24, 2.45) is 0 Å². The molecular weight excluding hydrogens is 389 g/mol. The predicted octanol–water partition coefficient (Wildman–Crippen LogP) is 4.49. The summed E-state index contributed by atoms with van der Waals surface area (Å²) < 4.78 is 31.1. The molecule has 0 saturated carbocycles. The first-order chi connectivity index (χ1) is 14.7. The zero-order valence-electron chi connectivity index (χ0n) is 16.1. The minimum absolute atomic E-state index is 0.0323. The maximum Gasteiger partial charge on any atom is 0.366 e. The van der Waals surface area contributed by atoms with E-state index in [4.69, 9.17) is 14.0 Å². The van der Waals surface area contributed by atoms with Crippen LogP contribution in [-0.4, -0.2) is 21.3 Å². The van der Waals surface area contributed by atoms with Crippen molar-refractivity contribution in [3.05, 3.63) is 83.2 Å². The fourth-order valence-corrected chi connectivity index (χ4v) is 2.92. The summed E-state index contributed by atoms with van der Waals surface area (Å²) in [5.74, 6) is 0.206. The summed E-state index contributed by atoms with van der Waals surface area (Å²) in [4.78, 5) is 21.1. The molecule has 0 unspecified atom stereocenters. The van der Waals surface area contributed by atoms with Crippen LogP contribution in [0.2, 0.25) is 0 Å². The molecule has 7 nitrogen and oxygen atoms in total. The van der Waals surface area contributed by atoms with E-state index in [1.165, 1.54) is 41.4 Å². The van der Waals surface area contributed by atoms with E-state index in [2.05, 4.69) is 9.97 Å². The number of para-hydroxylation sites is 1. The van der Waals surface area contributed by atoms with Gasteiger partial charge in [-0.2, -0.15) is 4.74 Å². The predicted molar refractivity (Wildman–Crippen MR) is 108 cm³/mol. The van der Waals surface area contributed by atoms with E-state index in [-0.39, 0.29) is 18.3 Å². The molecule has 0 atom stereocenters. The second kappa shape index (κ2) is 8.71. The van der Waals surface area contributed by atoms with Gasteiger partial charge in [-0.05, 0) is 36.8 Å². The first-order valence-corrected chi connectivity index (χ1v) is 9.29. The Morgan fingerprint density at radius 1 is 1.00 bits per heavy atom. The van der Waals surface area contributed by atoms with Gasteiger partial charge in [0.05, 0.1) is 5.56 Å². The molecule has 0 aliphatic heterocycles. The summed E-state index contributed by atoms with van der Waals surface area (Å²) in [5.41, 5.74) is 1.18. The van der Waals surface area contributed by atoms with Crippen molar-refractivity contribution in [2.45, 2.75) is 13.7 Å². The molecule has 0 amide bonds. The quantitative estimate of drug-likeness (QED) is 0.449. The van der Waals surface area contributed by atoms with Crippen molar-refractivity contribution >= 4 is 0 Å². The summed E-state index contributed by atoms with van der Waals surface area (Å²) in [6.07, 6.45) is 3.07. The van der Waals surface area contributed by atoms with Crippen LogP contribution in [0.1, 0.15) is 6.92 Å². The SMILES string of the molecule is CCOCn1oc(=O)c(-c2ccc(F)cc2)c1-c1cnc(Oc2ccccc2)nc1. The van der Waals surface area contributed by atoms with E-state index in [0.717, 1.165) is 0 Å². The van der Waals surface area contributed by atoms with Crippen LogP contribution < -0.4 is 10.4 Å². The normalized spacial score (nSPS) is 10.9. The van der Waals surface area contributed by atoms with Crippen LogP contribution in [0, 0.1) is 5.82 Å². The largest absolute Gasteiger partial charge is 0.424 e. The molecule has 0 bridgehead atoms. The smallest absolute Gasteiger partial charge is 0.366 e. The lowest BCUT2D eigenvalue weighted by Gasteiger charge is -2.09. The molecule has 2 heterocycles. The van der Waals surface area contributed by atoms with Crippen LogP contribution in [0.5, 0.6) is 11.8 Å². The van der Waals surface area contributed by atoms with Crippen LogP contribution >= 0.6 is 0 Å². The Hall–Kier alpha value is -3.78. The number of nitrogens with zero attached hydrogens (tertiary/aromatic N) is 3. The third kappa shape index (κ3) is 4.13. The number of hydrogen-bond acceptors (Lipinski definition) is 6. The van der Waals surface area contributed by atoms with Crippen LogP contribution in [0.25, 0.3) is 22.4 Å². The molecule has 0 radical (unpaired) electrons. The highest BCUT2D eigenvalue weighted by atomic mass is 19.1. The van der Waals surface area contributed by atoms with Gasteiger partial charge in [0.25, 0.3) is 0 Å². The molecular formula is C22H18FN3O4. The Labute approximate surface area is 171 Å². The Kier molecular flexibility index (Phi) is 5.67. The average Bonchev–Trinajstić information content (AvgIpc) is 3.10. The zero-order valence-corrected chi connectivity index (χ0v) is 16.1. The fraction of sp³-hybridized carbons (Fsp3) is 0.136. The molecule has 0 fully saturated rings. The third-order valence-electron chi connectivity index (χ3n) is 4.28. The minimum atomic E-state index is -0.569. The zero-order chi connectivity index (χ0) is 20.9. The van der Waals surface area contributed by atoms with Crippen LogP contribution in [0.3, 0.4) is 0 Å². The third-order valence-corrected chi connectivity index (χ3v) is 4.28. The maximum atomic E-state index is 13.4. The molecule has 0 N–H and O–H groups in total. The van der Waals surface area contributed by atoms with Gasteiger partial charge in [0.1, 0.15) is 17.3 Å². The Bertz CT molecular complexity index is 1170. The van der Waals surface area contributed by atoms with Gasteiger partial charge in [-0.3, -0.25) is 0 Å². The average molecular weight is 407 g/mol. The first-order valence-electron chi connectivity index (χ1n) is 9.29. The molecule has 8 heteroatoms. The number of halogens is 1. The molecule has 0 aliphatic rings. The number of rotatable bonds is 7. The number of aromatic nitrogens is 3. The fourth-order valence-electron chi connectivity index (χ4n) is 2.92. The van der Waals surface area contributed by atoms with Gasteiger partial charge in [0, 0.05) is 24.6 Å². The van der Waals surface area contributed by atoms with Gasteiger partial charge in [-0.25, -0.2) is 19.2 Å². The van der Waals surface area contributed by atoms with Crippen LogP contribution in [-0.2, 0) is 11.5 Å². The van der Waals surface area contributed by atoms with Gasteiger partial charge in [0.15, 0.2) is 6.73 Å². The number of ether oxygens (including phenoxy) is 2. The summed E-state index contributed by atoms with van der Waals surface area (Å²) in [6.45, 7) is 2.30. The van der Waals surface area contributed by atoms with E-state index in [0.29, 0.717) is 29.2 Å². The van der Waals surface area contributed by atoms with Gasteiger partial charge in [-0.1, -0.05) is 30.3 Å². The van der Waals surface area contributed by atoms with E-state index in [1.807, 2.05) is 25.1 Å². The van der Waals surface area contributed by atoms with Gasteiger partial charge in [0.2, 0.25) is 0 Å². The molecule has 0 spiro atoms. The van der Waals surface area contributed by atoms with Crippen molar-refractivity contribution in [1.82, 2.24) is 14.7 Å². The van der Waals surface area contributed by atoms with Crippen molar-refractivity contribution in [3.8, 4) is 34.1 Å². The minimum Gasteiger partial charge on any atom is -0.424 e. The van der Waals surface area contributed by atoms with Crippen molar-refractivity contribution < 1.29 is 18.4 Å². The van der Waals surface area contributed by atoms with E-state index >= 15 is 0 Å². The summed E-state index contributed by atoms with van der Waals surface area (Å²) >= 11 is 0. The van der Waals surface area contributed by atoms with Crippen molar-refractivity contribution in [1.29, 1.82) is 0 Å². The second-order valence-corrected chi connectivity index (χ2v) is 6.28. The van der Waals surface area contributed by atoms with E-state index < -0.39 is 11.4 Å². The highest BCUT2D eigenvalue weighted by molar-refractivity contribution is 5.79. The highest BCUT2D eigenvalue weighted by Gasteiger charge is 2.21. The number of benzene rings is 2.